The zero-order valence-electron chi connectivity index (χ0n) is 10.9. The van der Waals surface area contributed by atoms with Crippen LogP contribution < -0.4 is 0 Å². The minimum atomic E-state index is -0.942. The summed E-state index contributed by atoms with van der Waals surface area (Å²) in [5, 5.41) is 26.5. The van der Waals surface area contributed by atoms with E-state index in [2.05, 4.69) is 10.2 Å². The highest BCUT2D eigenvalue weighted by molar-refractivity contribution is 7.99. The van der Waals surface area contributed by atoms with Gasteiger partial charge in [0, 0.05) is 12.1 Å². The van der Waals surface area contributed by atoms with Crippen molar-refractivity contribution in [3.63, 3.8) is 0 Å². The van der Waals surface area contributed by atoms with E-state index in [1.807, 2.05) is 0 Å². The Morgan fingerprint density at radius 3 is 2.81 bits per heavy atom. The maximum atomic E-state index is 14.0. The number of benzene rings is 1. The van der Waals surface area contributed by atoms with E-state index in [1.165, 1.54) is 12.1 Å². The number of phenolic OH excluding ortho intramolecular Hbond substituents is 1. The molecule has 0 atom stereocenters. The minimum Gasteiger partial charge on any atom is -0.508 e. The summed E-state index contributed by atoms with van der Waals surface area (Å²) < 4.78 is 15.8. The van der Waals surface area contributed by atoms with E-state index in [-0.39, 0.29) is 23.1 Å². The van der Waals surface area contributed by atoms with Gasteiger partial charge in [0.15, 0.2) is 11.0 Å². The molecule has 1 heterocycles. The Hall–Kier alpha value is -2.09. The third-order valence-corrected chi connectivity index (χ3v) is 4.02. The first-order chi connectivity index (χ1) is 10.1. The Balaban J connectivity index is 2.00. The van der Waals surface area contributed by atoms with Crippen LogP contribution in [-0.2, 0) is 4.79 Å². The van der Waals surface area contributed by atoms with Crippen LogP contribution in [0.25, 0.3) is 11.4 Å². The highest BCUT2D eigenvalue weighted by Gasteiger charge is 2.31. The third kappa shape index (κ3) is 2.85. The van der Waals surface area contributed by atoms with Crippen molar-refractivity contribution < 1.29 is 19.4 Å². The zero-order valence-corrected chi connectivity index (χ0v) is 11.7. The predicted molar refractivity (Wildman–Crippen MR) is 73.7 cm³/mol. The van der Waals surface area contributed by atoms with Crippen molar-refractivity contribution >= 4 is 17.7 Å². The second-order valence-electron chi connectivity index (χ2n) is 4.75. The predicted octanol–water partition coefficient (Wildman–Crippen LogP) is 2.30. The lowest BCUT2D eigenvalue weighted by Gasteiger charge is -2.09. The largest absolute Gasteiger partial charge is 0.508 e. The number of nitrogens with zero attached hydrogens (tertiary/aromatic N) is 3. The van der Waals surface area contributed by atoms with Gasteiger partial charge in [0.25, 0.3) is 0 Å². The molecule has 1 aliphatic rings. The number of aromatic hydroxyl groups is 1. The van der Waals surface area contributed by atoms with Gasteiger partial charge in [-0.1, -0.05) is 11.8 Å². The number of aromatic nitrogens is 3. The van der Waals surface area contributed by atoms with Gasteiger partial charge in [-0.2, -0.15) is 0 Å². The van der Waals surface area contributed by atoms with Crippen LogP contribution in [0.5, 0.6) is 5.75 Å². The van der Waals surface area contributed by atoms with E-state index in [0.717, 1.165) is 30.7 Å². The molecular weight excluding hydrogens is 297 g/mol. The van der Waals surface area contributed by atoms with Gasteiger partial charge >= 0.3 is 5.97 Å². The first-order valence-corrected chi connectivity index (χ1v) is 7.33. The highest BCUT2D eigenvalue weighted by atomic mass is 32.2. The summed E-state index contributed by atoms with van der Waals surface area (Å²) in [6, 6.07) is 4.03. The van der Waals surface area contributed by atoms with Gasteiger partial charge in [-0.15, -0.1) is 10.2 Å². The van der Waals surface area contributed by atoms with Crippen LogP contribution >= 0.6 is 11.8 Å². The molecule has 2 N–H and O–H groups in total. The number of halogens is 1. The fourth-order valence-corrected chi connectivity index (χ4v) is 2.76. The summed E-state index contributed by atoms with van der Waals surface area (Å²) >= 11 is 1.07. The summed E-state index contributed by atoms with van der Waals surface area (Å²) in [7, 11) is 0. The smallest absolute Gasteiger partial charge is 0.313 e. The standard InChI is InChI=1S/C13H12FN3O3S/c14-10-5-8(18)3-4-9(10)12-15-16-13(21-6-11(19)20)17(12)7-1-2-7/h3-5,7,18H,1-2,6H2,(H,19,20). The lowest BCUT2D eigenvalue weighted by molar-refractivity contribution is -0.133. The Kier molecular flexibility index (Phi) is 3.54. The second kappa shape index (κ2) is 5.36. The van der Waals surface area contributed by atoms with Gasteiger partial charge in [0.1, 0.15) is 11.6 Å². The van der Waals surface area contributed by atoms with Crippen molar-refractivity contribution in [2.45, 2.75) is 24.0 Å². The summed E-state index contributed by atoms with van der Waals surface area (Å²) in [5.41, 5.74) is 0.245. The molecule has 0 unspecified atom stereocenters. The van der Waals surface area contributed by atoms with Crippen molar-refractivity contribution in [1.82, 2.24) is 14.8 Å². The molecule has 2 aromatic rings. The van der Waals surface area contributed by atoms with E-state index in [0.29, 0.717) is 11.0 Å². The van der Waals surface area contributed by atoms with Crippen molar-refractivity contribution in [2.75, 3.05) is 5.75 Å². The first-order valence-electron chi connectivity index (χ1n) is 6.34. The molecule has 0 aliphatic heterocycles. The Labute approximate surface area is 123 Å². The molecule has 0 spiro atoms. The topological polar surface area (TPSA) is 88.2 Å². The number of aliphatic carboxylic acids is 1. The van der Waals surface area contributed by atoms with Crippen LogP contribution in [-0.4, -0.2) is 36.7 Å². The van der Waals surface area contributed by atoms with Crippen LogP contribution in [0.4, 0.5) is 4.39 Å². The Bertz CT molecular complexity index is 700. The Morgan fingerprint density at radius 1 is 1.43 bits per heavy atom. The molecule has 110 valence electrons. The fraction of sp³-hybridized carbons (Fsp3) is 0.308. The number of rotatable bonds is 5. The zero-order chi connectivity index (χ0) is 15.0. The molecule has 0 amide bonds. The average molecular weight is 309 g/mol. The van der Waals surface area contributed by atoms with Crippen LogP contribution in [0.1, 0.15) is 18.9 Å². The van der Waals surface area contributed by atoms with E-state index < -0.39 is 11.8 Å². The van der Waals surface area contributed by atoms with Gasteiger partial charge in [-0.05, 0) is 25.0 Å². The monoisotopic (exact) mass is 309 g/mol. The average Bonchev–Trinajstić information content (AvgIpc) is 3.17. The first kappa shape index (κ1) is 13.9. The molecule has 1 fully saturated rings. The van der Waals surface area contributed by atoms with Crippen molar-refractivity contribution in [2.24, 2.45) is 0 Å². The summed E-state index contributed by atoms with van der Waals surface area (Å²) in [6.45, 7) is 0. The van der Waals surface area contributed by atoms with Gasteiger partial charge in [-0.25, -0.2) is 4.39 Å². The molecule has 1 saturated carbocycles. The minimum absolute atomic E-state index is 0.122. The molecule has 0 saturated heterocycles. The third-order valence-electron chi connectivity index (χ3n) is 3.09. The van der Waals surface area contributed by atoms with Gasteiger partial charge in [0.05, 0.1) is 11.3 Å². The number of thioether (sulfide) groups is 1. The second-order valence-corrected chi connectivity index (χ2v) is 5.70. The number of carbonyl (C=O) groups is 1. The molecule has 1 aliphatic carbocycles. The molecule has 1 aromatic carbocycles. The highest BCUT2D eigenvalue weighted by Crippen LogP contribution is 2.41. The van der Waals surface area contributed by atoms with Gasteiger partial charge in [0.2, 0.25) is 0 Å². The summed E-state index contributed by atoms with van der Waals surface area (Å²) in [5.74, 6) is -1.44. The SMILES string of the molecule is O=C(O)CSc1nnc(-c2ccc(O)cc2F)n1C1CC1. The van der Waals surface area contributed by atoms with Crippen molar-refractivity contribution in [3.05, 3.63) is 24.0 Å². The lowest BCUT2D eigenvalue weighted by atomic mass is 10.2. The number of hydrogen-bond acceptors (Lipinski definition) is 5. The van der Waals surface area contributed by atoms with Gasteiger partial charge in [-0.3, -0.25) is 9.36 Å². The van der Waals surface area contributed by atoms with E-state index in [1.54, 1.807) is 4.57 Å². The van der Waals surface area contributed by atoms with Gasteiger partial charge < -0.3 is 10.2 Å². The number of phenols is 1. The number of hydrogen-bond donors (Lipinski definition) is 2. The maximum absolute atomic E-state index is 14.0. The molecule has 0 bridgehead atoms. The van der Waals surface area contributed by atoms with Crippen LogP contribution in [0, 0.1) is 5.82 Å². The normalized spacial score (nSPS) is 14.3. The quantitative estimate of drug-likeness (QED) is 0.824. The molecular formula is C13H12FN3O3S. The maximum Gasteiger partial charge on any atom is 0.313 e. The molecule has 1 aromatic heterocycles. The van der Waals surface area contributed by atoms with E-state index in [9.17, 15) is 14.3 Å². The number of carboxylic acids is 1. The molecule has 21 heavy (non-hydrogen) atoms. The summed E-state index contributed by atoms with van der Waals surface area (Å²) in [6.07, 6.45) is 1.87. The molecule has 0 radical (unpaired) electrons. The summed E-state index contributed by atoms with van der Waals surface area (Å²) in [4.78, 5) is 10.7. The van der Waals surface area contributed by atoms with Crippen LogP contribution in [0.2, 0.25) is 0 Å². The van der Waals surface area contributed by atoms with Crippen molar-refractivity contribution in [3.8, 4) is 17.1 Å². The lowest BCUT2D eigenvalue weighted by Crippen LogP contribution is -2.03. The van der Waals surface area contributed by atoms with Crippen molar-refractivity contribution in [1.29, 1.82) is 0 Å². The molecule has 6 nitrogen and oxygen atoms in total. The number of carboxylic acid groups (broad SMARTS) is 1. The molecule has 3 rings (SSSR count). The molecule has 8 heteroatoms. The van der Waals surface area contributed by atoms with Crippen LogP contribution in [0.15, 0.2) is 23.4 Å². The Morgan fingerprint density at radius 2 is 2.19 bits per heavy atom. The van der Waals surface area contributed by atoms with E-state index >= 15 is 0 Å². The fourth-order valence-electron chi connectivity index (χ4n) is 2.03. The van der Waals surface area contributed by atoms with E-state index in [4.69, 9.17) is 5.11 Å². The van der Waals surface area contributed by atoms with Crippen LogP contribution in [0.3, 0.4) is 0 Å².